The summed E-state index contributed by atoms with van der Waals surface area (Å²) in [5.41, 5.74) is 3.89. The zero-order chi connectivity index (χ0) is 28.4. The van der Waals surface area contributed by atoms with E-state index in [9.17, 15) is 20.1 Å². The Balaban J connectivity index is 1.60. The van der Waals surface area contributed by atoms with Gasteiger partial charge in [0.1, 0.15) is 23.4 Å². The number of ketones is 1. The average Bonchev–Trinajstić information content (AvgIpc) is 2.89. The summed E-state index contributed by atoms with van der Waals surface area (Å²) in [7, 11) is 0. The summed E-state index contributed by atoms with van der Waals surface area (Å²) in [5.74, 6) is 1.03. The van der Waals surface area contributed by atoms with Crippen molar-refractivity contribution in [2.24, 2.45) is 11.8 Å². The van der Waals surface area contributed by atoms with E-state index < -0.39 is 6.10 Å². The molecule has 0 aromatic heterocycles. The first-order valence-corrected chi connectivity index (χ1v) is 13.5. The van der Waals surface area contributed by atoms with Crippen molar-refractivity contribution in [1.82, 2.24) is 0 Å². The first-order chi connectivity index (χ1) is 18.6. The summed E-state index contributed by atoms with van der Waals surface area (Å²) < 4.78 is 6.38. The van der Waals surface area contributed by atoms with Gasteiger partial charge in [-0.2, -0.15) is 0 Å². The van der Waals surface area contributed by atoms with Gasteiger partial charge in [-0.25, -0.2) is 0 Å². The Labute approximate surface area is 232 Å². The Bertz CT molecular complexity index is 1240. The van der Waals surface area contributed by atoms with Crippen LogP contribution in [0.2, 0.25) is 0 Å². The Kier molecular flexibility index (Phi) is 10.9. The van der Waals surface area contributed by atoms with Crippen molar-refractivity contribution in [2.75, 3.05) is 0 Å². The number of phenolic OH excluding ortho intramolecular Hbond substituents is 1. The number of hydrogen-bond donors (Lipinski definition) is 3. The van der Waals surface area contributed by atoms with Crippen LogP contribution in [0.5, 0.6) is 11.5 Å². The van der Waals surface area contributed by atoms with E-state index in [1.165, 1.54) is 17.7 Å². The number of carbonyl (C=O) groups excluding carboxylic acids is 1. The number of ether oxygens (including phenoxy) is 1. The molecule has 39 heavy (non-hydrogen) atoms. The second-order valence-electron chi connectivity index (χ2n) is 10.5. The first kappa shape index (κ1) is 29.7. The lowest BCUT2D eigenvalue weighted by molar-refractivity contribution is -0.110. The molecular formula is C34H40O5. The zero-order valence-electron chi connectivity index (χ0n) is 23.2. The SMILES string of the molecule is CC(C)=CCCC(C)C1CC(O)C(C)=CC1Oc1ccc(/C=C/C(O)=C/C(=O)/C=C/c2ccc(O)cc2)cc1. The van der Waals surface area contributed by atoms with Crippen molar-refractivity contribution >= 4 is 17.9 Å². The molecule has 0 amide bonds. The van der Waals surface area contributed by atoms with Gasteiger partial charge in [-0.15, -0.1) is 0 Å². The van der Waals surface area contributed by atoms with Gasteiger partial charge in [-0.05, 0) is 105 Å². The highest BCUT2D eigenvalue weighted by molar-refractivity contribution is 6.02. The van der Waals surface area contributed by atoms with E-state index in [4.69, 9.17) is 4.74 Å². The van der Waals surface area contributed by atoms with E-state index in [2.05, 4.69) is 32.9 Å². The summed E-state index contributed by atoms with van der Waals surface area (Å²) in [6.07, 6.45) is 13.9. The molecule has 206 valence electrons. The molecule has 0 heterocycles. The van der Waals surface area contributed by atoms with Crippen LogP contribution in [0.4, 0.5) is 0 Å². The number of rotatable bonds is 11. The monoisotopic (exact) mass is 528 g/mol. The largest absolute Gasteiger partial charge is 0.508 e. The third-order valence-electron chi connectivity index (χ3n) is 7.00. The molecule has 3 N–H and O–H groups in total. The van der Waals surface area contributed by atoms with Gasteiger partial charge in [0.15, 0.2) is 5.78 Å². The second-order valence-corrected chi connectivity index (χ2v) is 10.5. The summed E-state index contributed by atoms with van der Waals surface area (Å²) in [6, 6.07) is 14.0. The zero-order valence-corrected chi connectivity index (χ0v) is 23.2. The maximum atomic E-state index is 12.1. The quantitative estimate of drug-likeness (QED) is 0.121. The fourth-order valence-corrected chi connectivity index (χ4v) is 4.60. The molecule has 0 fully saturated rings. The van der Waals surface area contributed by atoms with E-state index in [0.717, 1.165) is 41.4 Å². The van der Waals surface area contributed by atoms with Crippen LogP contribution in [-0.4, -0.2) is 33.3 Å². The van der Waals surface area contributed by atoms with Crippen LogP contribution in [0.25, 0.3) is 12.2 Å². The highest BCUT2D eigenvalue weighted by Crippen LogP contribution is 2.35. The number of carbonyl (C=O) groups is 1. The number of allylic oxidation sites excluding steroid dienone is 5. The van der Waals surface area contributed by atoms with E-state index in [1.54, 1.807) is 36.4 Å². The maximum Gasteiger partial charge on any atom is 0.182 e. The molecule has 0 aliphatic heterocycles. The predicted molar refractivity (Wildman–Crippen MR) is 158 cm³/mol. The topological polar surface area (TPSA) is 87.0 Å². The van der Waals surface area contributed by atoms with Crippen LogP contribution < -0.4 is 4.74 Å². The molecule has 1 aliphatic rings. The number of aliphatic hydroxyl groups excluding tert-OH is 2. The molecule has 4 unspecified atom stereocenters. The molecular weight excluding hydrogens is 488 g/mol. The van der Waals surface area contributed by atoms with Crippen LogP contribution in [-0.2, 0) is 4.79 Å². The fraction of sp³-hybridized carbons (Fsp3) is 0.324. The smallest absolute Gasteiger partial charge is 0.182 e. The van der Waals surface area contributed by atoms with Crippen molar-refractivity contribution in [3.8, 4) is 11.5 Å². The Morgan fingerprint density at radius 3 is 2.28 bits per heavy atom. The summed E-state index contributed by atoms with van der Waals surface area (Å²) in [4.78, 5) is 12.1. The molecule has 5 heteroatoms. The molecule has 0 saturated carbocycles. The van der Waals surface area contributed by atoms with Gasteiger partial charge < -0.3 is 20.1 Å². The molecule has 2 aromatic rings. The first-order valence-electron chi connectivity index (χ1n) is 13.5. The lowest BCUT2D eigenvalue weighted by atomic mass is 9.76. The molecule has 0 spiro atoms. The van der Waals surface area contributed by atoms with Crippen LogP contribution in [0.3, 0.4) is 0 Å². The highest BCUT2D eigenvalue weighted by atomic mass is 16.5. The number of hydrogen-bond acceptors (Lipinski definition) is 5. The Hall–Kier alpha value is -3.83. The molecule has 2 aromatic carbocycles. The van der Waals surface area contributed by atoms with E-state index in [-0.39, 0.29) is 29.3 Å². The van der Waals surface area contributed by atoms with Gasteiger partial charge in [-0.3, -0.25) is 4.79 Å². The van der Waals surface area contributed by atoms with Gasteiger partial charge in [-0.1, -0.05) is 55.0 Å². The number of benzene rings is 2. The van der Waals surface area contributed by atoms with Gasteiger partial charge in [0.2, 0.25) is 0 Å². The van der Waals surface area contributed by atoms with Crippen LogP contribution >= 0.6 is 0 Å². The van der Waals surface area contributed by atoms with Crippen molar-refractivity contribution in [2.45, 2.75) is 59.2 Å². The number of aromatic hydroxyl groups is 1. The third-order valence-corrected chi connectivity index (χ3v) is 7.00. The summed E-state index contributed by atoms with van der Waals surface area (Å²) >= 11 is 0. The van der Waals surface area contributed by atoms with Gasteiger partial charge >= 0.3 is 0 Å². The maximum absolute atomic E-state index is 12.1. The predicted octanol–water partition coefficient (Wildman–Crippen LogP) is 7.59. The molecule has 0 radical (unpaired) electrons. The summed E-state index contributed by atoms with van der Waals surface area (Å²) in [6.45, 7) is 8.42. The standard InChI is InChI=1S/C34H40O5/c1-23(2)6-5-7-24(3)32-22-33(38)25(4)20-34(32)39-31-18-12-27(13-19-31)11-17-30(37)21-29(36)16-10-26-8-14-28(35)15-9-26/h6,8-21,24,32-35,37-38H,5,7,22H2,1-4H3/b16-10+,17-11+,30-21-. The molecule has 0 bridgehead atoms. The Morgan fingerprint density at radius 2 is 1.64 bits per heavy atom. The Morgan fingerprint density at radius 1 is 1.03 bits per heavy atom. The fourth-order valence-electron chi connectivity index (χ4n) is 4.60. The van der Waals surface area contributed by atoms with E-state index >= 15 is 0 Å². The second kappa shape index (κ2) is 14.4. The van der Waals surface area contributed by atoms with E-state index in [1.807, 2.05) is 31.2 Å². The normalized spacial score (nSPS) is 20.6. The molecule has 3 rings (SSSR count). The van der Waals surface area contributed by atoms with Crippen molar-refractivity contribution in [1.29, 1.82) is 0 Å². The van der Waals surface area contributed by atoms with Crippen molar-refractivity contribution in [3.05, 3.63) is 107 Å². The number of aliphatic hydroxyl groups is 2. The van der Waals surface area contributed by atoms with Crippen LogP contribution in [0.1, 0.15) is 58.1 Å². The van der Waals surface area contributed by atoms with Gasteiger partial charge in [0.05, 0.1) is 6.10 Å². The highest BCUT2D eigenvalue weighted by Gasteiger charge is 2.33. The van der Waals surface area contributed by atoms with Crippen LogP contribution in [0, 0.1) is 11.8 Å². The average molecular weight is 529 g/mol. The van der Waals surface area contributed by atoms with Gasteiger partial charge in [0.25, 0.3) is 0 Å². The van der Waals surface area contributed by atoms with Crippen molar-refractivity contribution < 1.29 is 24.9 Å². The van der Waals surface area contributed by atoms with Gasteiger partial charge in [0, 0.05) is 12.0 Å². The lowest BCUT2D eigenvalue weighted by Gasteiger charge is -2.36. The number of phenols is 1. The van der Waals surface area contributed by atoms with Crippen molar-refractivity contribution in [3.63, 3.8) is 0 Å². The third kappa shape index (κ3) is 9.77. The van der Waals surface area contributed by atoms with Crippen LogP contribution in [0.15, 0.2) is 95.8 Å². The molecule has 1 aliphatic carbocycles. The molecule has 0 saturated heterocycles. The lowest BCUT2D eigenvalue weighted by Crippen LogP contribution is -2.37. The minimum absolute atomic E-state index is 0.107. The summed E-state index contributed by atoms with van der Waals surface area (Å²) in [5, 5.41) is 29.9. The molecule has 5 nitrogen and oxygen atoms in total. The minimum Gasteiger partial charge on any atom is -0.508 e. The van der Waals surface area contributed by atoms with E-state index in [0.29, 0.717) is 12.3 Å². The minimum atomic E-state index is -0.427. The molecule has 4 atom stereocenters.